The van der Waals surface area contributed by atoms with Crippen LogP contribution in [-0.2, 0) is 16.4 Å². The number of piperazine rings is 1. The molecule has 39 heavy (non-hydrogen) atoms. The van der Waals surface area contributed by atoms with E-state index in [-0.39, 0.29) is 43.1 Å². The van der Waals surface area contributed by atoms with Gasteiger partial charge < -0.3 is 19.1 Å². The number of hydrogen-bond donors (Lipinski definition) is 0. The van der Waals surface area contributed by atoms with Gasteiger partial charge in [0, 0.05) is 56.2 Å². The van der Waals surface area contributed by atoms with Crippen LogP contribution in [-0.4, -0.2) is 92.3 Å². The van der Waals surface area contributed by atoms with Gasteiger partial charge in [0.15, 0.2) is 9.84 Å². The maximum atomic E-state index is 13.7. The van der Waals surface area contributed by atoms with Crippen LogP contribution in [0.1, 0.15) is 17.9 Å². The maximum absolute atomic E-state index is 13.7. The Morgan fingerprint density at radius 2 is 1.69 bits per heavy atom. The Hall–Kier alpha value is -3.58. The highest BCUT2D eigenvalue weighted by atomic mass is 32.2. The van der Waals surface area contributed by atoms with Crippen LogP contribution < -0.4 is 9.80 Å². The molecule has 2 aliphatic rings. The summed E-state index contributed by atoms with van der Waals surface area (Å²) in [6.45, 7) is 4.14. The van der Waals surface area contributed by atoms with Gasteiger partial charge in [-0.15, -0.1) is 10.2 Å². The minimum Gasteiger partial charge on any atom is -0.415 e. The minimum atomic E-state index is -3.15. The van der Waals surface area contributed by atoms with E-state index in [1.165, 1.54) is 0 Å². The van der Waals surface area contributed by atoms with E-state index >= 15 is 0 Å². The van der Waals surface area contributed by atoms with Gasteiger partial charge in [-0.2, -0.15) is 8.78 Å². The summed E-state index contributed by atoms with van der Waals surface area (Å²) in [5.41, 5.74) is 2.98. The Morgan fingerprint density at radius 3 is 2.33 bits per heavy atom. The quantitative estimate of drug-likeness (QED) is 0.453. The molecule has 0 bridgehead atoms. The Balaban J connectivity index is 1.40. The van der Waals surface area contributed by atoms with E-state index in [9.17, 15) is 22.0 Å². The molecule has 0 aliphatic carbocycles. The van der Waals surface area contributed by atoms with Gasteiger partial charge in [0.25, 0.3) is 5.89 Å². The predicted molar refractivity (Wildman–Crippen MR) is 143 cm³/mol. The second-order valence-corrected chi connectivity index (χ2v) is 12.1. The van der Waals surface area contributed by atoms with Gasteiger partial charge in [0.05, 0.1) is 18.1 Å². The number of urea groups is 1. The number of amides is 2. The lowest BCUT2D eigenvalue weighted by Crippen LogP contribution is -2.49. The lowest BCUT2D eigenvalue weighted by Gasteiger charge is -2.36. The molecule has 0 N–H and O–H groups in total. The molecule has 2 aromatic carbocycles. The molecule has 2 aliphatic heterocycles. The summed E-state index contributed by atoms with van der Waals surface area (Å²) < 4.78 is 54.6. The molecule has 0 spiro atoms. The highest BCUT2D eigenvalue weighted by Gasteiger charge is 2.29. The van der Waals surface area contributed by atoms with Crippen molar-refractivity contribution in [1.29, 1.82) is 0 Å². The van der Waals surface area contributed by atoms with Crippen LogP contribution >= 0.6 is 0 Å². The molecule has 3 heterocycles. The normalized spacial score (nSPS) is 17.9. The first-order valence-corrected chi connectivity index (χ1v) is 14.5. The molecule has 2 amide bonds. The number of alkyl halides is 2. The fourth-order valence-electron chi connectivity index (χ4n) is 4.64. The Morgan fingerprint density at radius 1 is 1.00 bits per heavy atom. The molecule has 10 nitrogen and oxygen atoms in total. The molecule has 3 aromatic rings. The fraction of sp³-hybridized carbons (Fsp3) is 0.423. The molecule has 13 heteroatoms. The van der Waals surface area contributed by atoms with Crippen LogP contribution in [0.4, 0.5) is 25.0 Å². The van der Waals surface area contributed by atoms with Crippen LogP contribution in [0.2, 0.25) is 0 Å². The lowest BCUT2D eigenvalue weighted by atomic mass is 10.1. The number of anilines is 2. The van der Waals surface area contributed by atoms with Crippen molar-refractivity contribution in [3.05, 3.63) is 60.0 Å². The number of rotatable bonds is 6. The Kier molecular flexibility index (Phi) is 7.80. The van der Waals surface area contributed by atoms with E-state index in [2.05, 4.69) is 27.0 Å². The molecular formula is C26H30F2N6O4S. The number of nitrogens with zero attached hydrogens (tertiary/aromatic N) is 6. The predicted octanol–water partition coefficient (Wildman–Crippen LogP) is 3.28. The zero-order valence-corrected chi connectivity index (χ0v) is 22.4. The topological polar surface area (TPSA) is 103 Å². The van der Waals surface area contributed by atoms with Crippen LogP contribution in [0.15, 0.2) is 52.9 Å². The average Bonchev–Trinajstić information content (AvgIpc) is 3.43. The molecular weight excluding hydrogens is 530 g/mol. The highest BCUT2D eigenvalue weighted by molar-refractivity contribution is 7.91. The van der Waals surface area contributed by atoms with Crippen molar-refractivity contribution in [2.24, 2.45) is 0 Å². The second-order valence-electron chi connectivity index (χ2n) is 9.76. The van der Waals surface area contributed by atoms with E-state index in [1.54, 1.807) is 34.1 Å². The van der Waals surface area contributed by atoms with Crippen molar-refractivity contribution in [1.82, 2.24) is 20.0 Å². The zero-order chi connectivity index (χ0) is 27.6. The number of carbonyl (C=O) groups is 1. The number of hydrogen-bond acceptors (Lipinski definition) is 8. The molecule has 0 atom stereocenters. The van der Waals surface area contributed by atoms with Crippen molar-refractivity contribution < 1.29 is 26.4 Å². The SMILES string of the molecule is CN1CCN(c2cccc(N(Cc3ccc(-c4nnc(C(F)F)o4)cc3)C(=O)N3CCS(=O)(=O)CC3)c2)CC1. The van der Waals surface area contributed by atoms with Gasteiger partial charge >= 0.3 is 12.5 Å². The first-order chi connectivity index (χ1) is 18.7. The first kappa shape index (κ1) is 27.0. The fourth-order valence-corrected chi connectivity index (χ4v) is 5.84. The number of halogens is 2. The van der Waals surface area contributed by atoms with E-state index < -0.39 is 22.2 Å². The monoisotopic (exact) mass is 560 g/mol. The lowest BCUT2D eigenvalue weighted by molar-refractivity contribution is 0.116. The zero-order valence-electron chi connectivity index (χ0n) is 21.5. The van der Waals surface area contributed by atoms with Crippen molar-refractivity contribution in [3.8, 4) is 11.5 Å². The van der Waals surface area contributed by atoms with E-state index in [0.29, 0.717) is 11.3 Å². The molecule has 1 aromatic heterocycles. The second kappa shape index (κ2) is 11.3. The first-order valence-electron chi connectivity index (χ1n) is 12.7. The summed E-state index contributed by atoms with van der Waals surface area (Å²) in [7, 11) is -1.06. The van der Waals surface area contributed by atoms with Crippen LogP contribution in [0.3, 0.4) is 0 Å². The molecule has 0 saturated carbocycles. The highest BCUT2D eigenvalue weighted by Crippen LogP contribution is 2.28. The molecule has 0 unspecified atom stereocenters. The van der Waals surface area contributed by atoms with Crippen molar-refractivity contribution in [2.45, 2.75) is 13.0 Å². The van der Waals surface area contributed by atoms with Gasteiger partial charge in [0.1, 0.15) is 0 Å². The van der Waals surface area contributed by atoms with Gasteiger partial charge in [0.2, 0.25) is 5.89 Å². The number of carbonyl (C=O) groups excluding carboxylic acids is 1. The van der Waals surface area contributed by atoms with Crippen LogP contribution in [0.25, 0.3) is 11.5 Å². The Labute approximate surface area is 225 Å². The van der Waals surface area contributed by atoms with Crippen molar-refractivity contribution >= 4 is 27.2 Å². The Bertz CT molecular complexity index is 1390. The summed E-state index contributed by atoms with van der Waals surface area (Å²) >= 11 is 0. The smallest absolute Gasteiger partial charge is 0.324 e. The van der Waals surface area contributed by atoms with E-state index in [1.807, 2.05) is 24.3 Å². The average molecular weight is 561 g/mol. The largest absolute Gasteiger partial charge is 0.415 e. The third-order valence-electron chi connectivity index (χ3n) is 7.02. The van der Waals surface area contributed by atoms with Gasteiger partial charge in [-0.05, 0) is 42.9 Å². The molecule has 0 radical (unpaired) electrons. The van der Waals surface area contributed by atoms with Crippen molar-refractivity contribution in [3.63, 3.8) is 0 Å². The summed E-state index contributed by atoms with van der Waals surface area (Å²) in [6.07, 6.45) is -2.85. The summed E-state index contributed by atoms with van der Waals surface area (Å²) in [5, 5.41) is 7.05. The standard InChI is InChI=1S/C26H30F2N6O4S/c1-31-9-11-32(12-10-31)21-3-2-4-22(17-21)34(26(35)33-13-15-39(36,37)16-14-33)18-19-5-7-20(8-6-19)24-29-30-25(38-24)23(27)28/h2-8,17,23H,9-16,18H2,1H3. The van der Waals surface area contributed by atoms with Gasteiger partial charge in [-0.1, -0.05) is 18.2 Å². The molecule has 2 fully saturated rings. The summed E-state index contributed by atoms with van der Waals surface area (Å²) in [4.78, 5) is 21.5. The third-order valence-corrected chi connectivity index (χ3v) is 8.63. The summed E-state index contributed by atoms with van der Waals surface area (Å²) in [5.74, 6) is -0.880. The number of benzene rings is 2. The maximum Gasteiger partial charge on any atom is 0.324 e. The number of sulfone groups is 1. The number of aromatic nitrogens is 2. The molecule has 208 valence electrons. The van der Waals surface area contributed by atoms with Gasteiger partial charge in [-0.3, -0.25) is 4.90 Å². The minimum absolute atomic E-state index is 0.0146. The van der Waals surface area contributed by atoms with Crippen LogP contribution in [0, 0.1) is 0 Å². The molecule has 2 saturated heterocycles. The van der Waals surface area contributed by atoms with Gasteiger partial charge in [-0.25, -0.2) is 13.2 Å². The third kappa shape index (κ3) is 6.36. The number of likely N-dealkylation sites (N-methyl/N-ethyl adjacent to an activating group) is 1. The molecule has 5 rings (SSSR count). The van der Waals surface area contributed by atoms with E-state index in [0.717, 1.165) is 37.4 Å². The van der Waals surface area contributed by atoms with Crippen molar-refractivity contribution in [2.75, 3.05) is 67.6 Å². The van der Waals surface area contributed by atoms with E-state index in [4.69, 9.17) is 4.42 Å². The summed E-state index contributed by atoms with van der Waals surface area (Å²) in [6, 6.07) is 14.4. The van der Waals surface area contributed by atoms with Crippen LogP contribution in [0.5, 0.6) is 0 Å².